The smallest absolute Gasteiger partial charge is 0.328 e. The summed E-state index contributed by atoms with van der Waals surface area (Å²) in [7, 11) is 0. The average Bonchev–Trinajstić information content (AvgIpc) is 2.63. The minimum atomic E-state index is -0.739. The summed E-state index contributed by atoms with van der Waals surface area (Å²) < 4.78 is 4.99. The van der Waals surface area contributed by atoms with E-state index >= 15 is 0 Å². The zero-order chi connectivity index (χ0) is 20.1. The first-order valence-electron chi connectivity index (χ1n) is 9.01. The number of phenolic OH excluding ortho intramolecular Hbond substituents is 2. The van der Waals surface area contributed by atoms with Crippen molar-refractivity contribution < 1.29 is 29.6 Å². The Morgan fingerprint density at radius 3 is 2.59 bits per heavy atom. The number of carbonyl (C=O) groups is 2. The monoisotopic (exact) mass is 383 g/mol. The number of unbranched alkanes of at least 4 members (excludes halogenated alkanes) is 1. The predicted octanol–water partition coefficient (Wildman–Crippen LogP) is 0.581. The van der Waals surface area contributed by atoms with Crippen LogP contribution in [0.3, 0.4) is 0 Å². The molecule has 0 aromatic heterocycles. The Kier molecular flexibility index (Phi) is 10.7. The van der Waals surface area contributed by atoms with Crippen molar-refractivity contribution in [2.24, 2.45) is 0 Å². The number of nitrogens with one attached hydrogen (secondary N) is 3. The summed E-state index contributed by atoms with van der Waals surface area (Å²) in [5.41, 5.74) is 0.754. The number of phenols is 2. The van der Waals surface area contributed by atoms with Gasteiger partial charge in [-0.1, -0.05) is 6.07 Å². The SMILES string of the molecule is CCOC(=O)C(CCCCNCO)NC(=O)NCCc1ccc(O)c(O)c1. The van der Waals surface area contributed by atoms with Crippen LogP contribution in [0.15, 0.2) is 18.2 Å². The summed E-state index contributed by atoms with van der Waals surface area (Å²) in [6.07, 6.45) is 2.33. The summed E-state index contributed by atoms with van der Waals surface area (Å²) >= 11 is 0. The highest BCUT2D eigenvalue weighted by Crippen LogP contribution is 2.24. The number of ether oxygens (including phenoxy) is 1. The molecule has 2 amide bonds. The first-order valence-corrected chi connectivity index (χ1v) is 9.01. The summed E-state index contributed by atoms with van der Waals surface area (Å²) in [6, 6.07) is 3.24. The zero-order valence-electron chi connectivity index (χ0n) is 15.5. The van der Waals surface area contributed by atoms with Crippen LogP contribution in [-0.4, -0.2) is 59.8 Å². The topological polar surface area (TPSA) is 140 Å². The minimum Gasteiger partial charge on any atom is -0.504 e. The highest BCUT2D eigenvalue weighted by atomic mass is 16.5. The van der Waals surface area contributed by atoms with Gasteiger partial charge in [-0.3, -0.25) is 5.32 Å². The van der Waals surface area contributed by atoms with Gasteiger partial charge in [-0.2, -0.15) is 0 Å². The lowest BCUT2D eigenvalue weighted by molar-refractivity contribution is -0.145. The summed E-state index contributed by atoms with van der Waals surface area (Å²) in [5, 5.41) is 35.5. The standard InChI is InChI=1S/C18H29N3O6/c1-2-27-17(25)14(5-3-4-9-19-12-22)21-18(26)20-10-8-13-6-7-15(23)16(24)11-13/h6-7,11,14,19,22-24H,2-5,8-10,12H2,1H3,(H2,20,21,26). The molecule has 0 aliphatic heterocycles. The van der Waals surface area contributed by atoms with Crippen molar-refractivity contribution in [1.82, 2.24) is 16.0 Å². The third-order valence-electron chi connectivity index (χ3n) is 3.82. The maximum absolute atomic E-state index is 12.0. The Morgan fingerprint density at radius 1 is 1.15 bits per heavy atom. The first-order chi connectivity index (χ1) is 13.0. The number of carbonyl (C=O) groups excluding carboxylic acids is 2. The van der Waals surface area contributed by atoms with E-state index in [-0.39, 0.29) is 24.8 Å². The fourth-order valence-electron chi connectivity index (χ4n) is 2.42. The molecule has 0 bridgehead atoms. The minimum absolute atomic E-state index is 0.0965. The van der Waals surface area contributed by atoms with Gasteiger partial charge in [0.1, 0.15) is 6.04 Å². The van der Waals surface area contributed by atoms with Gasteiger partial charge in [0.25, 0.3) is 0 Å². The molecule has 9 heteroatoms. The Hall–Kier alpha value is -2.52. The Morgan fingerprint density at radius 2 is 1.93 bits per heavy atom. The number of rotatable bonds is 12. The fraction of sp³-hybridized carbons (Fsp3) is 0.556. The molecule has 0 saturated heterocycles. The second-order valence-corrected chi connectivity index (χ2v) is 5.93. The number of esters is 1. The molecule has 0 heterocycles. The number of amides is 2. The van der Waals surface area contributed by atoms with E-state index in [1.807, 2.05) is 0 Å². The molecular formula is C18H29N3O6. The maximum atomic E-state index is 12.0. The van der Waals surface area contributed by atoms with Gasteiger partial charge in [0.05, 0.1) is 13.3 Å². The molecule has 0 saturated carbocycles. The van der Waals surface area contributed by atoms with Gasteiger partial charge in [-0.15, -0.1) is 0 Å². The van der Waals surface area contributed by atoms with Crippen molar-refractivity contribution in [2.45, 2.75) is 38.6 Å². The van der Waals surface area contributed by atoms with E-state index in [4.69, 9.17) is 9.84 Å². The van der Waals surface area contributed by atoms with Gasteiger partial charge in [-0.05, 0) is 56.8 Å². The van der Waals surface area contributed by atoms with Crippen LogP contribution in [0.4, 0.5) is 4.79 Å². The van der Waals surface area contributed by atoms with Crippen molar-refractivity contribution in [3.63, 3.8) is 0 Å². The number of aliphatic hydroxyl groups excluding tert-OH is 1. The lowest BCUT2D eigenvalue weighted by Crippen LogP contribution is -2.47. The number of hydrogen-bond acceptors (Lipinski definition) is 7. The number of aliphatic hydroxyl groups is 1. The highest BCUT2D eigenvalue weighted by Gasteiger charge is 2.21. The van der Waals surface area contributed by atoms with Crippen LogP contribution in [0.2, 0.25) is 0 Å². The molecule has 1 rings (SSSR count). The fourth-order valence-corrected chi connectivity index (χ4v) is 2.42. The van der Waals surface area contributed by atoms with Crippen LogP contribution in [0, 0.1) is 0 Å². The Balaban J connectivity index is 2.41. The van der Waals surface area contributed by atoms with Crippen LogP contribution in [0.25, 0.3) is 0 Å². The van der Waals surface area contributed by atoms with Crippen molar-refractivity contribution in [2.75, 3.05) is 26.4 Å². The maximum Gasteiger partial charge on any atom is 0.328 e. The van der Waals surface area contributed by atoms with E-state index in [1.165, 1.54) is 12.1 Å². The van der Waals surface area contributed by atoms with Crippen LogP contribution < -0.4 is 16.0 Å². The molecule has 9 nitrogen and oxygen atoms in total. The number of hydrogen-bond donors (Lipinski definition) is 6. The lowest BCUT2D eigenvalue weighted by atomic mass is 10.1. The molecule has 0 aliphatic carbocycles. The van der Waals surface area contributed by atoms with Gasteiger partial charge < -0.3 is 30.7 Å². The molecule has 1 aromatic rings. The second-order valence-electron chi connectivity index (χ2n) is 5.93. The molecule has 27 heavy (non-hydrogen) atoms. The molecule has 0 radical (unpaired) electrons. The Bertz CT molecular complexity index is 596. The van der Waals surface area contributed by atoms with Gasteiger partial charge in [0.2, 0.25) is 0 Å². The predicted molar refractivity (Wildman–Crippen MR) is 99.4 cm³/mol. The van der Waals surface area contributed by atoms with E-state index in [2.05, 4.69) is 16.0 Å². The molecule has 0 aliphatic rings. The molecule has 1 unspecified atom stereocenters. The van der Waals surface area contributed by atoms with E-state index in [1.54, 1.807) is 13.0 Å². The largest absolute Gasteiger partial charge is 0.504 e. The summed E-state index contributed by atoms with van der Waals surface area (Å²) in [4.78, 5) is 24.0. The van der Waals surface area contributed by atoms with Crippen LogP contribution in [-0.2, 0) is 16.0 Å². The van der Waals surface area contributed by atoms with E-state index in [0.29, 0.717) is 32.4 Å². The number of benzene rings is 1. The second kappa shape index (κ2) is 12.8. The zero-order valence-corrected chi connectivity index (χ0v) is 15.5. The quantitative estimate of drug-likeness (QED) is 0.134. The number of aromatic hydroxyl groups is 2. The third kappa shape index (κ3) is 9.11. The third-order valence-corrected chi connectivity index (χ3v) is 3.82. The van der Waals surface area contributed by atoms with Gasteiger partial charge >= 0.3 is 12.0 Å². The number of urea groups is 1. The van der Waals surface area contributed by atoms with Gasteiger partial charge in [0.15, 0.2) is 11.5 Å². The molecule has 0 spiro atoms. The van der Waals surface area contributed by atoms with E-state index in [9.17, 15) is 19.8 Å². The molecule has 1 atom stereocenters. The van der Waals surface area contributed by atoms with E-state index < -0.39 is 18.0 Å². The van der Waals surface area contributed by atoms with Crippen molar-refractivity contribution in [3.05, 3.63) is 23.8 Å². The van der Waals surface area contributed by atoms with Crippen LogP contribution in [0.5, 0.6) is 11.5 Å². The van der Waals surface area contributed by atoms with Crippen molar-refractivity contribution in [3.8, 4) is 11.5 Å². The molecule has 152 valence electrons. The summed E-state index contributed by atoms with van der Waals surface area (Å²) in [5.74, 6) is -0.892. The molecule has 6 N–H and O–H groups in total. The highest BCUT2D eigenvalue weighted by molar-refractivity contribution is 5.83. The van der Waals surface area contributed by atoms with Crippen molar-refractivity contribution >= 4 is 12.0 Å². The van der Waals surface area contributed by atoms with Gasteiger partial charge in [0, 0.05) is 6.54 Å². The average molecular weight is 383 g/mol. The molecule has 0 fully saturated rings. The van der Waals surface area contributed by atoms with Crippen LogP contribution >= 0.6 is 0 Å². The van der Waals surface area contributed by atoms with Crippen molar-refractivity contribution in [1.29, 1.82) is 0 Å². The summed E-state index contributed by atoms with van der Waals surface area (Å²) in [6.45, 7) is 2.76. The first kappa shape index (κ1) is 22.5. The lowest BCUT2D eigenvalue weighted by Gasteiger charge is -2.18. The Labute approximate surface area is 158 Å². The molecule has 1 aromatic carbocycles. The van der Waals surface area contributed by atoms with Crippen LogP contribution in [0.1, 0.15) is 31.7 Å². The molecular weight excluding hydrogens is 354 g/mol. The van der Waals surface area contributed by atoms with E-state index in [0.717, 1.165) is 12.0 Å². The van der Waals surface area contributed by atoms with Gasteiger partial charge in [-0.25, -0.2) is 9.59 Å². The normalized spacial score (nSPS) is 11.6.